The molecular formula is C18H10F6O6S2. The highest BCUT2D eigenvalue weighted by Gasteiger charge is 2.49. The summed E-state index contributed by atoms with van der Waals surface area (Å²) in [6.45, 7) is 0. The maximum Gasteiger partial charge on any atom is 0.534 e. The molecule has 0 heterocycles. The molecule has 0 fully saturated rings. The molecule has 0 aliphatic rings. The van der Waals surface area contributed by atoms with Crippen LogP contribution in [-0.2, 0) is 20.2 Å². The van der Waals surface area contributed by atoms with E-state index >= 15 is 0 Å². The lowest BCUT2D eigenvalue weighted by Gasteiger charge is -2.16. The van der Waals surface area contributed by atoms with E-state index < -0.39 is 42.8 Å². The van der Waals surface area contributed by atoms with Crippen LogP contribution in [-0.4, -0.2) is 27.9 Å². The van der Waals surface area contributed by atoms with E-state index in [0.717, 1.165) is 30.3 Å². The highest BCUT2D eigenvalue weighted by Crippen LogP contribution is 2.41. The van der Waals surface area contributed by atoms with Crippen LogP contribution in [0.25, 0.3) is 21.9 Å². The van der Waals surface area contributed by atoms with Gasteiger partial charge in [-0.15, -0.1) is 0 Å². The molecule has 3 aromatic carbocycles. The van der Waals surface area contributed by atoms with Gasteiger partial charge in [-0.1, -0.05) is 42.5 Å². The van der Waals surface area contributed by atoms with Crippen molar-refractivity contribution in [1.29, 1.82) is 0 Å². The van der Waals surface area contributed by atoms with Crippen LogP contribution in [0.3, 0.4) is 0 Å². The predicted octanol–water partition coefficient (Wildman–Crippen LogP) is 4.96. The Morgan fingerprint density at radius 1 is 0.656 bits per heavy atom. The average Bonchev–Trinajstić information content (AvgIpc) is 2.66. The van der Waals surface area contributed by atoms with Crippen molar-refractivity contribution in [2.24, 2.45) is 0 Å². The highest BCUT2D eigenvalue weighted by molar-refractivity contribution is 7.88. The molecule has 6 nitrogen and oxygen atoms in total. The predicted molar refractivity (Wildman–Crippen MR) is 101 cm³/mol. The molecule has 0 radical (unpaired) electrons. The van der Waals surface area contributed by atoms with E-state index in [1.807, 2.05) is 0 Å². The van der Waals surface area contributed by atoms with Gasteiger partial charge in [-0.2, -0.15) is 43.2 Å². The van der Waals surface area contributed by atoms with Crippen LogP contribution >= 0.6 is 0 Å². The number of rotatable bonds is 5. The van der Waals surface area contributed by atoms with Crippen LogP contribution < -0.4 is 8.37 Å². The number of benzene rings is 3. The molecule has 0 N–H and O–H groups in total. The third kappa shape index (κ3) is 4.60. The Balaban J connectivity index is 2.25. The lowest BCUT2D eigenvalue weighted by molar-refractivity contribution is -0.0504. The molecule has 0 amide bonds. The van der Waals surface area contributed by atoms with Gasteiger partial charge in [0, 0.05) is 5.56 Å². The number of hydrogen-bond donors (Lipinski definition) is 0. The normalized spacial score (nSPS) is 13.2. The molecule has 3 aromatic rings. The Kier molecular flexibility index (Phi) is 5.80. The number of hydrogen-bond acceptors (Lipinski definition) is 6. The first-order chi connectivity index (χ1) is 14.6. The smallest absolute Gasteiger partial charge is 0.376 e. The Morgan fingerprint density at radius 2 is 1.19 bits per heavy atom. The summed E-state index contributed by atoms with van der Waals surface area (Å²) in [6.07, 6.45) is 0. The molecule has 0 aliphatic carbocycles. The zero-order chi connectivity index (χ0) is 23.9. The topological polar surface area (TPSA) is 86.7 Å². The second-order valence-electron chi connectivity index (χ2n) is 6.15. The van der Waals surface area contributed by atoms with Crippen molar-refractivity contribution in [2.45, 2.75) is 11.0 Å². The summed E-state index contributed by atoms with van der Waals surface area (Å²) < 4.78 is 130. The van der Waals surface area contributed by atoms with Gasteiger partial charge in [0.05, 0.1) is 0 Å². The minimum Gasteiger partial charge on any atom is -0.376 e. The molecule has 0 aromatic heterocycles. The van der Waals surface area contributed by atoms with Crippen LogP contribution in [0.5, 0.6) is 11.5 Å². The van der Waals surface area contributed by atoms with Crippen molar-refractivity contribution >= 4 is 31.0 Å². The van der Waals surface area contributed by atoms with Crippen LogP contribution in [0.2, 0.25) is 0 Å². The SMILES string of the molecule is O=S(=O)(Oc1ccc2ccc(OS(=O)(=O)C(F)(F)F)c(-c3ccccc3)c2c1)C(F)(F)F. The van der Waals surface area contributed by atoms with Crippen molar-refractivity contribution in [3.05, 3.63) is 60.7 Å². The molecule has 0 atom stereocenters. The molecule has 0 saturated carbocycles. The van der Waals surface area contributed by atoms with Gasteiger partial charge in [-0.3, -0.25) is 0 Å². The van der Waals surface area contributed by atoms with Crippen molar-refractivity contribution in [3.8, 4) is 22.6 Å². The molecule has 3 rings (SSSR count). The van der Waals surface area contributed by atoms with Crippen LogP contribution in [0.1, 0.15) is 0 Å². The number of alkyl halides is 6. The fourth-order valence-electron chi connectivity index (χ4n) is 2.64. The Hall–Kier alpha value is -3.00. The maximum absolute atomic E-state index is 12.8. The van der Waals surface area contributed by atoms with E-state index in [4.69, 9.17) is 0 Å². The van der Waals surface area contributed by atoms with Gasteiger partial charge in [-0.25, -0.2) is 0 Å². The van der Waals surface area contributed by atoms with Crippen LogP contribution in [0, 0.1) is 0 Å². The standard InChI is InChI=1S/C18H10F6O6S2/c19-17(20,21)31(25,26)29-13-8-6-11-7-9-15(30-32(27,28)18(22,23)24)16(14(11)10-13)12-4-2-1-3-5-12/h1-10H. The van der Waals surface area contributed by atoms with Crippen molar-refractivity contribution in [1.82, 2.24) is 0 Å². The molecule has 172 valence electrons. The zero-order valence-electron chi connectivity index (χ0n) is 15.3. The first-order valence-electron chi connectivity index (χ1n) is 8.26. The zero-order valence-corrected chi connectivity index (χ0v) is 16.9. The van der Waals surface area contributed by atoms with Crippen molar-refractivity contribution < 1.29 is 51.5 Å². The van der Waals surface area contributed by atoms with E-state index in [1.165, 1.54) is 24.3 Å². The minimum atomic E-state index is -6.08. The molecule has 0 unspecified atom stereocenters. The fourth-order valence-corrected chi connectivity index (χ4v) is 3.56. The minimum absolute atomic E-state index is 0.124. The summed E-state index contributed by atoms with van der Waals surface area (Å²) in [4.78, 5) is 0. The third-order valence-corrected chi connectivity index (χ3v) is 5.93. The summed E-state index contributed by atoms with van der Waals surface area (Å²) in [6, 6.07) is 12.2. The van der Waals surface area contributed by atoms with E-state index in [9.17, 15) is 43.2 Å². The Morgan fingerprint density at radius 3 is 1.75 bits per heavy atom. The lowest BCUT2D eigenvalue weighted by atomic mass is 9.97. The van der Waals surface area contributed by atoms with E-state index in [-0.39, 0.29) is 21.9 Å². The second-order valence-corrected chi connectivity index (χ2v) is 9.23. The van der Waals surface area contributed by atoms with Crippen LogP contribution in [0.15, 0.2) is 60.7 Å². The van der Waals surface area contributed by atoms with Gasteiger partial charge in [0.2, 0.25) is 0 Å². The first kappa shape index (κ1) is 23.7. The lowest BCUT2D eigenvalue weighted by Crippen LogP contribution is -2.28. The molecule has 32 heavy (non-hydrogen) atoms. The van der Waals surface area contributed by atoms with E-state index in [2.05, 4.69) is 8.37 Å². The van der Waals surface area contributed by atoms with Gasteiger partial charge in [0.25, 0.3) is 0 Å². The summed E-state index contributed by atoms with van der Waals surface area (Å²) in [7, 11) is -12.1. The number of fused-ring (bicyclic) bond motifs is 1. The second kappa shape index (κ2) is 7.85. The summed E-state index contributed by atoms with van der Waals surface area (Å²) in [5.41, 5.74) is -11.6. The van der Waals surface area contributed by atoms with Gasteiger partial charge in [0.15, 0.2) is 5.75 Å². The molecule has 0 spiro atoms. The maximum atomic E-state index is 12.8. The highest BCUT2D eigenvalue weighted by atomic mass is 32.2. The molecule has 0 saturated heterocycles. The first-order valence-corrected chi connectivity index (χ1v) is 11.1. The molecule has 0 bridgehead atoms. The van der Waals surface area contributed by atoms with Gasteiger partial charge < -0.3 is 8.37 Å². The fraction of sp³-hybridized carbons (Fsp3) is 0.111. The molecule has 14 heteroatoms. The summed E-state index contributed by atoms with van der Waals surface area (Å²) in [5, 5.41) is 0.0957. The Bertz CT molecular complexity index is 1360. The quantitative estimate of drug-likeness (QED) is 0.280. The third-order valence-electron chi connectivity index (χ3n) is 3.99. The Labute approximate surface area is 177 Å². The van der Waals surface area contributed by atoms with Gasteiger partial charge in [-0.05, 0) is 34.5 Å². The van der Waals surface area contributed by atoms with Crippen molar-refractivity contribution in [2.75, 3.05) is 0 Å². The van der Waals surface area contributed by atoms with Crippen molar-refractivity contribution in [3.63, 3.8) is 0 Å². The molecule has 0 aliphatic heterocycles. The number of halogens is 6. The van der Waals surface area contributed by atoms with Crippen LogP contribution in [0.4, 0.5) is 26.3 Å². The average molecular weight is 500 g/mol. The van der Waals surface area contributed by atoms with Gasteiger partial charge in [0.1, 0.15) is 5.75 Å². The van der Waals surface area contributed by atoms with E-state index in [0.29, 0.717) is 0 Å². The monoisotopic (exact) mass is 500 g/mol. The summed E-state index contributed by atoms with van der Waals surface area (Å²) in [5.74, 6) is -1.58. The molecular weight excluding hydrogens is 490 g/mol. The largest absolute Gasteiger partial charge is 0.534 e. The van der Waals surface area contributed by atoms with E-state index in [1.54, 1.807) is 6.07 Å². The van der Waals surface area contributed by atoms with Gasteiger partial charge >= 0.3 is 31.3 Å². The summed E-state index contributed by atoms with van der Waals surface area (Å²) >= 11 is 0.